The fraction of sp³-hybridized carbons (Fsp3) is 0.308. The number of carbonyl (C=O) groups excluding carboxylic acids is 2. The van der Waals surface area contributed by atoms with Gasteiger partial charge in [-0.05, 0) is 56.7 Å². The number of hydrogen-bond acceptors (Lipinski definition) is 2. The molecule has 33 heavy (non-hydrogen) atoms. The highest BCUT2D eigenvalue weighted by Gasteiger charge is 2.37. The van der Waals surface area contributed by atoms with E-state index in [1.807, 2.05) is 68.3 Å². The van der Waals surface area contributed by atoms with Crippen LogP contribution in [0.2, 0.25) is 10.0 Å². The molecule has 4 rings (SSSR count). The molecular weight excluding hydrogens is 457 g/mol. The van der Waals surface area contributed by atoms with Crippen molar-refractivity contribution in [3.8, 4) is 0 Å². The predicted molar refractivity (Wildman–Crippen MR) is 132 cm³/mol. The molecule has 0 saturated heterocycles. The minimum Gasteiger partial charge on any atom is -0.348 e. The lowest BCUT2D eigenvalue weighted by Crippen LogP contribution is -2.53. The number of amides is 2. The summed E-state index contributed by atoms with van der Waals surface area (Å²) < 4.78 is 2.15. The van der Waals surface area contributed by atoms with Crippen molar-refractivity contribution in [2.75, 3.05) is 13.1 Å². The summed E-state index contributed by atoms with van der Waals surface area (Å²) in [7, 11) is 0. The summed E-state index contributed by atoms with van der Waals surface area (Å²) in [5.41, 5.74) is 1.67. The minimum absolute atomic E-state index is 0.0603. The van der Waals surface area contributed by atoms with Crippen molar-refractivity contribution in [1.82, 2.24) is 14.4 Å². The molecule has 2 aromatic carbocycles. The molecule has 1 aliphatic rings. The number of benzene rings is 2. The highest BCUT2D eigenvalue weighted by Crippen LogP contribution is 2.36. The smallest absolute Gasteiger partial charge is 0.256 e. The summed E-state index contributed by atoms with van der Waals surface area (Å²) in [5.74, 6) is -0.404. The van der Waals surface area contributed by atoms with Gasteiger partial charge in [-0.3, -0.25) is 9.59 Å². The Hall–Kier alpha value is -2.76. The van der Waals surface area contributed by atoms with Crippen LogP contribution in [0.5, 0.6) is 0 Å². The quantitative estimate of drug-likeness (QED) is 0.479. The highest BCUT2D eigenvalue weighted by atomic mass is 35.5. The molecular formula is C26H27Cl2N3O2. The van der Waals surface area contributed by atoms with Gasteiger partial charge in [0.25, 0.3) is 5.91 Å². The van der Waals surface area contributed by atoms with E-state index in [-0.39, 0.29) is 24.4 Å². The van der Waals surface area contributed by atoms with Gasteiger partial charge in [0.05, 0.1) is 16.6 Å². The van der Waals surface area contributed by atoms with Crippen molar-refractivity contribution in [2.45, 2.75) is 38.9 Å². The third-order valence-electron chi connectivity index (χ3n) is 6.01. The van der Waals surface area contributed by atoms with Gasteiger partial charge < -0.3 is 14.4 Å². The Labute approximate surface area is 204 Å². The zero-order valence-electron chi connectivity index (χ0n) is 19.0. The Kier molecular flexibility index (Phi) is 6.55. The fourth-order valence-corrected chi connectivity index (χ4v) is 4.75. The molecule has 0 N–H and O–H groups in total. The van der Waals surface area contributed by atoms with Gasteiger partial charge in [0, 0.05) is 35.5 Å². The van der Waals surface area contributed by atoms with Gasteiger partial charge in [-0.2, -0.15) is 0 Å². The van der Waals surface area contributed by atoms with Crippen molar-refractivity contribution in [1.29, 1.82) is 0 Å². The van der Waals surface area contributed by atoms with Gasteiger partial charge in [0.1, 0.15) is 6.54 Å². The van der Waals surface area contributed by atoms with E-state index in [9.17, 15) is 9.59 Å². The summed E-state index contributed by atoms with van der Waals surface area (Å²) in [4.78, 5) is 30.6. The molecule has 1 unspecified atom stereocenters. The van der Waals surface area contributed by atoms with Gasteiger partial charge in [0.2, 0.25) is 5.91 Å². The van der Waals surface area contributed by atoms with Crippen LogP contribution in [0, 0.1) is 0 Å². The zero-order chi connectivity index (χ0) is 23.8. The highest BCUT2D eigenvalue weighted by molar-refractivity contribution is 6.33. The summed E-state index contributed by atoms with van der Waals surface area (Å²) in [6.07, 6.45) is 2.02. The Bertz CT molecular complexity index is 1180. The molecule has 2 heterocycles. The van der Waals surface area contributed by atoms with Crippen LogP contribution in [0.3, 0.4) is 0 Å². The van der Waals surface area contributed by atoms with Gasteiger partial charge in [-0.1, -0.05) is 53.5 Å². The maximum absolute atomic E-state index is 13.7. The number of rotatable bonds is 4. The molecule has 7 heteroatoms. The van der Waals surface area contributed by atoms with Crippen LogP contribution in [0.4, 0.5) is 0 Å². The number of halogens is 2. The minimum atomic E-state index is -0.582. The molecule has 0 saturated carbocycles. The first kappa shape index (κ1) is 23.4. The van der Waals surface area contributed by atoms with Crippen LogP contribution < -0.4 is 0 Å². The molecule has 0 aliphatic carbocycles. The second-order valence-corrected chi connectivity index (χ2v) is 9.99. The van der Waals surface area contributed by atoms with Crippen LogP contribution in [0.1, 0.15) is 48.4 Å². The first-order chi connectivity index (χ1) is 15.7. The number of fused-ring (bicyclic) bond motifs is 1. The largest absolute Gasteiger partial charge is 0.348 e. The monoisotopic (exact) mass is 483 g/mol. The van der Waals surface area contributed by atoms with E-state index in [1.165, 1.54) is 0 Å². The maximum Gasteiger partial charge on any atom is 0.256 e. The Morgan fingerprint density at radius 1 is 0.939 bits per heavy atom. The average molecular weight is 484 g/mol. The van der Waals surface area contributed by atoms with Crippen LogP contribution in [-0.4, -0.2) is 44.8 Å². The van der Waals surface area contributed by atoms with E-state index in [0.717, 1.165) is 11.3 Å². The summed E-state index contributed by atoms with van der Waals surface area (Å²) in [6, 6.07) is 18.2. The van der Waals surface area contributed by atoms with Gasteiger partial charge in [0.15, 0.2) is 0 Å². The van der Waals surface area contributed by atoms with Crippen LogP contribution in [0.15, 0.2) is 66.9 Å². The number of carbonyl (C=O) groups is 2. The topological polar surface area (TPSA) is 45.6 Å². The maximum atomic E-state index is 13.7. The lowest BCUT2D eigenvalue weighted by atomic mass is 9.99. The molecule has 1 atom stereocenters. The van der Waals surface area contributed by atoms with E-state index >= 15 is 0 Å². The second-order valence-electron chi connectivity index (χ2n) is 9.18. The Morgan fingerprint density at radius 2 is 1.61 bits per heavy atom. The summed E-state index contributed by atoms with van der Waals surface area (Å²) in [5, 5.41) is 0.976. The third kappa shape index (κ3) is 4.66. The normalized spacial score (nSPS) is 15.8. The van der Waals surface area contributed by atoms with Gasteiger partial charge in [-0.15, -0.1) is 0 Å². The molecule has 2 amide bonds. The average Bonchev–Trinajstić information content (AvgIpc) is 3.25. The lowest BCUT2D eigenvalue weighted by Gasteiger charge is -2.41. The van der Waals surface area contributed by atoms with E-state index in [1.54, 1.807) is 29.2 Å². The first-order valence-electron chi connectivity index (χ1n) is 10.9. The number of nitrogens with zero attached hydrogens (tertiary/aromatic N) is 3. The molecule has 0 radical (unpaired) electrons. The van der Waals surface area contributed by atoms with Gasteiger partial charge >= 0.3 is 0 Å². The van der Waals surface area contributed by atoms with Crippen molar-refractivity contribution >= 4 is 35.0 Å². The van der Waals surface area contributed by atoms with Crippen molar-refractivity contribution in [3.05, 3.63) is 93.7 Å². The SMILES string of the molecule is CC(C)(C)N(CC(=O)N1CCn2cccc2C1c1ccccc1Cl)C(=O)c1ccccc1Cl. The van der Waals surface area contributed by atoms with Crippen LogP contribution in [0.25, 0.3) is 0 Å². The molecule has 5 nitrogen and oxygen atoms in total. The summed E-state index contributed by atoms with van der Waals surface area (Å²) in [6.45, 7) is 6.90. The van der Waals surface area contributed by atoms with Crippen LogP contribution >= 0.6 is 23.2 Å². The van der Waals surface area contributed by atoms with E-state index in [4.69, 9.17) is 23.2 Å². The zero-order valence-corrected chi connectivity index (χ0v) is 20.5. The Balaban J connectivity index is 1.68. The molecule has 3 aromatic rings. The fourth-order valence-electron chi connectivity index (χ4n) is 4.30. The first-order valence-corrected chi connectivity index (χ1v) is 11.7. The standard InChI is InChI=1S/C26H27Cl2N3O2/c1-26(2,3)31(25(33)19-10-5-7-12-21(19)28)17-23(32)30-16-15-29-14-8-13-22(29)24(30)18-9-4-6-11-20(18)27/h4-14,24H,15-17H2,1-3H3. The lowest BCUT2D eigenvalue weighted by molar-refractivity contribution is -0.135. The van der Waals surface area contributed by atoms with E-state index in [0.29, 0.717) is 28.7 Å². The van der Waals surface area contributed by atoms with E-state index < -0.39 is 5.54 Å². The molecule has 1 aliphatic heterocycles. The number of hydrogen-bond donors (Lipinski definition) is 0. The van der Waals surface area contributed by atoms with Crippen LogP contribution in [-0.2, 0) is 11.3 Å². The van der Waals surface area contributed by atoms with E-state index in [2.05, 4.69) is 4.57 Å². The molecule has 0 spiro atoms. The van der Waals surface area contributed by atoms with Crippen molar-refractivity contribution < 1.29 is 9.59 Å². The van der Waals surface area contributed by atoms with Crippen molar-refractivity contribution in [3.63, 3.8) is 0 Å². The number of aromatic nitrogens is 1. The summed E-state index contributed by atoms with van der Waals surface area (Å²) >= 11 is 12.9. The van der Waals surface area contributed by atoms with Gasteiger partial charge in [-0.25, -0.2) is 0 Å². The molecule has 0 fully saturated rings. The molecule has 1 aromatic heterocycles. The Morgan fingerprint density at radius 3 is 2.27 bits per heavy atom. The molecule has 172 valence electrons. The molecule has 0 bridgehead atoms. The third-order valence-corrected chi connectivity index (χ3v) is 6.68. The second kappa shape index (κ2) is 9.24. The van der Waals surface area contributed by atoms with Crippen molar-refractivity contribution in [2.24, 2.45) is 0 Å². The predicted octanol–water partition coefficient (Wildman–Crippen LogP) is 5.67.